The summed E-state index contributed by atoms with van der Waals surface area (Å²) in [5, 5.41) is 34.2. The first-order valence-corrected chi connectivity index (χ1v) is 11.8. The number of aliphatic carboxylic acids is 3. The Morgan fingerprint density at radius 3 is 1.58 bits per heavy atom. The molecule has 10 N–H and O–H groups in total. The van der Waals surface area contributed by atoms with Gasteiger partial charge in [0.25, 0.3) is 0 Å². The summed E-state index contributed by atoms with van der Waals surface area (Å²) < 4.78 is 0. The quantitative estimate of drug-likeness (QED) is 0.0940. The van der Waals surface area contributed by atoms with E-state index in [9.17, 15) is 33.9 Å². The number of amides is 3. The van der Waals surface area contributed by atoms with Crippen molar-refractivity contribution in [1.29, 1.82) is 0 Å². The van der Waals surface area contributed by atoms with Crippen molar-refractivity contribution in [3.63, 3.8) is 0 Å². The number of carbonyl (C=O) groups excluding carboxylic acids is 3. The molecule has 14 nitrogen and oxygen atoms in total. The van der Waals surface area contributed by atoms with Crippen LogP contribution in [-0.4, -0.2) is 81.7 Å². The average molecular weight is 518 g/mol. The Kier molecular flexibility index (Phi) is 15.7. The van der Waals surface area contributed by atoms with E-state index < -0.39 is 79.1 Å². The fourth-order valence-corrected chi connectivity index (χ4v) is 3.26. The van der Waals surface area contributed by atoms with E-state index in [1.54, 1.807) is 0 Å². The zero-order chi connectivity index (χ0) is 27.8. The molecule has 206 valence electrons. The Morgan fingerprint density at radius 1 is 0.694 bits per heavy atom. The highest BCUT2D eigenvalue weighted by Crippen LogP contribution is 2.08. The SMILES string of the molecule is CC(C)CC(N)C(=O)NC(CCCCN)C(=O)NC(CCC(=O)O)C(=O)NC(CCC(=O)O)C(=O)O. The van der Waals surface area contributed by atoms with Gasteiger partial charge in [0.2, 0.25) is 17.7 Å². The van der Waals surface area contributed by atoms with E-state index >= 15 is 0 Å². The zero-order valence-electron chi connectivity index (χ0n) is 20.7. The predicted molar refractivity (Wildman–Crippen MR) is 128 cm³/mol. The van der Waals surface area contributed by atoms with Crippen LogP contribution in [0.1, 0.15) is 65.2 Å². The lowest BCUT2D eigenvalue weighted by molar-refractivity contribution is -0.144. The first-order valence-electron chi connectivity index (χ1n) is 11.8. The minimum atomic E-state index is -1.56. The van der Waals surface area contributed by atoms with E-state index in [1.165, 1.54) is 0 Å². The van der Waals surface area contributed by atoms with Gasteiger partial charge in [-0.1, -0.05) is 13.8 Å². The Balaban J connectivity index is 5.59. The first-order chi connectivity index (χ1) is 16.8. The third-order valence-electron chi connectivity index (χ3n) is 5.18. The Labute approximate surface area is 209 Å². The Morgan fingerprint density at radius 2 is 1.14 bits per heavy atom. The van der Waals surface area contributed by atoms with Crippen LogP contribution in [0, 0.1) is 5.92 Å². The van der Waals surface area contributed by atoms with Gasteiger partial charge in [-0.3, -0.25) is 24.0 Å². The van der Waals surface area contributed by atoms with Gasteiger partial charge in [0.1, 0.15) is 18.1 Å². The number of carboxylic acid groups (broad SMARTS) is 3. The van der Waals surface area contributed by atoms with Crippen LogP contribution in [0.25, 0.3) is 0 Å². The van der Waals surface area contributed by atoms with Gasteiger partial charge in [-0.2, -0.15) is 0 Å². The van der Waals surface area contributed by atoms with Crippen LogP contribution in [0.15, 0.2) is 0 Å². The van der Waals surface area contributed by atoms with E-state index in [2.05, 4.69) is 16.0 Å². The van der Waals surface area contributed by atoms with E-state index in [-0.39, 0.29) is 18.8 Å². The normalized spacial score (nSPS) is 14.2. The lowest BCUT2D eigenvalue weighted by Crippen LogP contribution is -2.57. The summed E-state index contributed by atoms with van der Waals surface area (Å²) in [5.74, 6) is -6.22. The van der Waals surface area contributed by atoms with Crippen molar-refractivity contribution in [3.8, 4) is 0 Å². The summed E-state index contributed by atoms with van der Waals surface area (Å²) in [7, 11) is 0. The summed E-state index contributed by atoms with van der Waals surface area (Å²) in [6.07, 6.45) is -0.257. The lowest BCUT2D eigenvalue weighted by atomic mass is 10.0. The van der Waals surface area contributed by atoms with E-state index in [1.807, 2.05) is 13.8 Å². The Bertz CT molecular complexity index is 775. The lowest BCUT2D eigenvalue weighted by Gasteiger charge is -2.25. The van der Waals surface area contributed by atoms with Crippen molar-refractivity contribution in [3.05, 3.63) is 0 Å². The van der Waals surface area contributed by atoms with Crippen molar-refractivity contribution in [1.82, 2.24) is 16.0 Å². The molecule has 0 bridgehead atoms. The van der Waals surface area contributed by atoms with Gasteiger partial charge < -0.3 is 42.7 Å². The standard InChI is InChI=1S/C22H39N5O9/c1-12(2)11-13(24)19(32)25-14(5-3-4-10-23)20(33)26-15(6-8-17(28)29)21(34)27-16(22(35)36)7-9-18(30)31/h12-16H,3-11,23-24H2,1-2H3,(H,25,32)(H,26,33)(H,27,34)(H,28,29)(H,30,31)(H,35,36). The van der Waals surface area contributed by atoms with Gasteiger partial charge >= 0.3 is 17.9 Å². The van der Waals surface area contributed by atoms with Crippen LogP contribution in [-0.2, 0) is 28.8 Å². The van der Waals surface area contributed by atoms with Crippen molar-refractivity contribution in [2.24, 2.45) is 17.4 Å². The zero-order valence-corrected chi connectivity index (χ0v) is 20.7. The van der Waals surface area contributed by atoms with Gasteiger partial charge in [-0.15, -0.1) is 0 Å². The second-order valence-corrected chi connectivity index (χ2v) is 8.91. The Hall–Kier alpha value is -3.26. The van der Waals surface area contributed by atoms with Gasteiger partial charge in [0, 0.05) is 12.8 Å². The van der Waals surface area contributed by atoms with Crippen LogP contribution >= 0.6 is 0 Å². The highest BCUT2D eigenvalue weighted by molar-refractivity contribution is 5.94. The molecule has 0 heterocycles. The minimum Gasteiger partial charge on any atom is -0.481 e. The van der Waals surface area contributed by atoms with Gasteiger partial charge in [0.15, 0.2) is 0 Å². The van der Waals surface area contributed by atoms with Crippen LogP contribution in [0.5, 0.6) is 0 Å². The molecule has 0 aromatic carbocycles. The molecule has 14 heteroatoms. The van der Waals surface area contributed by atoms with Crippen molar-refractivity contribution >= 4 is 35.6 Å². The maximum absolute atomic E-state index is 13.0. The molecule has 4 unspecified atom stereocenters. The van der Waals surface area contributed by atoms with Crippen LogP contribution in [0.4, 0.5) is 0 Å². The fourth-order valence-electron chi connectivity index (χ4n) is 3.26. The van der Waals surface area contributed by atoms with Crippen LogP contribution in [0.3, 0.4) is 0 Å². The largest absolute Gasteiger partial charge is 0.481 e. The van der Waals surface area contributed by atoms with E-state index in [4.69, 9.17) is 21.7 Å². The summed E-state index contributed by atoms with van der Waals surface area (Å²) in [6, 6.07) is -4.97. The monoisotopic (exact) mass is 517 g/mol. The van der Waals surface area contributed by atoms with Crippen molar-refractivity contribution in [2.75, 3.05) is 6.54 Å². The molecule has 0 aromatic heterocycles. The number of hydrogen-bond donors (Lipinski definition) is 8. The molecule has 0 saturated carbocycles. The maximum atomic E-state index is 13.0. The molecular weight excluding hydrogens is 478 g/mol. The molecule has 0 spiro atoms. The molecule has 0 fully saturated rings. The smallest absolute Gasteiger partial charge is 0.326 e. The fraction of sp³-hybridized carbons (Fsp3) is 0.727. The van der Waals surface area contributed by atoms with Crippen molar-refractivity contribution in [2.45, 2.75) is 89.4 Å². The second-order valence-electron chi connectivity index (χ2n) is 8.91. The van der Waals surface area contributed by atoms with Gasteiger partial charge in [-0.25, -0.2) is 4.79 Å². The summed E-state index contributed by atoms with van der Waals surface area (Å²) in [5.41, 5.74) is 11.4. The molecule has 3 amide bonds. The summed E-state index contributed by atoms with van der Waals surface area (Å²) >= 11 is 0. The summed E-state index contributed by atoms with van der Waals surface area (Å²) in [4.78, 5) is 71.5. The molecule has 0 radical (unpaired) electrons. The highest BCUT2D eigenvalue weighted by atomic mass is 16.4. The van der Waals surface area contributed by atoms with E-state index in [0.29, 0.717) is 25.8 Å². The van der Waals surface area contributed by atoms with Crippen molar-refractivity contribution < 1.29 is 44.1 Å². The molecule has 4 atom stereocenters. The number of carbonyl (C=O) groups is 6. The predicted octanol–water partition coefficient (Wildman–Crippen LogP) is -1.24. The minimum absolute atomic E-state index is 0.127. The number of hydrogen-bond acceptors (Lipinski definition) is 8. The molecular formula is C22H39N5O9. The van der Waals surface area contributed by atoms with E-state index in [0.717, 1.165) is 0 Å². The number of nitrogens with two attached hydrogens (primary N) is 2. The summed E-state index contributed by atoms with van der Waals surface area (Å²) in [6.45, 7) is 4.11. The molecule has 0 aromatic rings. The maximum Gasteiger partial charge on any atom is 0.326 e. The van der Waals surface area contributed by atoms with Crippen LogP contribution < -0.4 is 27.4 Å². The third-order valence-corrected chi connectivity index (χ3v) is 5.18. The van der Waals surface area contributed by atoms with Crippen LogP contribution in [0.2, 0.25) is 0 Å². The number of carboxylic acids is 3. The van der Waals surface area contributed by atoms with Gasteiger partial charge in [-0.05, 0) is 51.0 Å². The molecule has 0 saturated heterocycles. The first kappa shape index (κ1) is 32.7. The molecule has 0 rings (SSSR count). The average Bonchev–Trinajstić information content (AvgIpc) is 2.77. The highest BCUT2D eigenvalue weighted by Gasteiger charge is 2.30. The molecule has 0 aliphatic carbocycles. The molecule has 36 heavy (non-hydrogen) atoms. The molecule has 0 aliphatic heterocycles. The second kappa shape index (κ2) is 17.2. The number of nitrogens with one attached hydrogen (secondary N) is 3. The number of unbranched alkanes of at least 4 members (excludes halogenated alkanes) is 1. The number of rotatable bonds is 19. The molecule has 0 aliphatic rings. The van der Waals surface area contributed by atoms with Gasteiger partial charge in [0.05, 0.1) is 6.04 Å². The topological polar surface area (TPSA) is 251 Å². The third kappa shape index (κ3) is 14.2.